The highest BCUT2D eigenvalue weighted by Gasteiger charge is 2.16. The van der Waals surface area contributed by atoms with Crippen LogP contribution in [0, 0.1) is 6.92 Å². The average molecular weight is 224 g/mol. The molecule has 1 fully saturated rings. The number of hydrogen-bond donors (Lipinski definition) is 0. The molecule has 0 bridgehead atoms. The Morgan fingerprint density at radius 3 is 2.53 bits per heavy atom. The maximum atomic E-state index is 11.1. The summed E-state index contributed by atoms with van der Waals surface area (Å²) >= 11 is 5.97. The van der Waals surface area contributed by atoms with E-state index in [0.29, 0.717) is 18.6 Å². The van der Waals surface area contributed by atoms with Crippen LogP contribution in [0.2, 0.25) is 5.02 Å². The smallest absolute Gasteiger partial charge is 0.136 e. The van der Waals surface area contributed by atoms with Crippen LogP contribution in [-0.4, -0.2) is 18.9 Å². The third-order valence-electron chi connectivity index (χ3n) is 2.83. The molecule has 0 unspecified atom stereocenters. The second-order valence-electron chi connectivity index (χ2n) is 3.96. The SMILES string of the molecule is Cc1cc(N2CCC(=O)CC2)ccc1Cl. The predicted octanol–water partition coefficient (Wildman–Crippen LogP) is 2.82. The molecule has 1 aliphatic rings. The van der Waals surface area contributed by atoms with Gasteiger partial charge in [-0.1, -0.05) is 11.6 Å². The van der Waals surface area contributed by atoms with E-state index in [4.69, 9.17) is 11.6 Å². The fourth-order valence-corrected chi connectivity index (χ4v) is 1.96. The molecule has 80 valence electrons. The molecule has 2 nitrogen and oxygen atoms in total. The van der Waals surface area contributed by atoms with Gasteiger partial charge in [0, 0.05) is 36.6 Å². The van der Waals surface area contributed by atoms with E-state index in [-0.39, 0.29) is 0 Å². The second kappa shape index (κ2) is 4.23. The number of benzene rings is 1. The van der Waals surface area contributed by atoms with E-state index in [0.717, 1.165) is 23.7 Å². The Hall–Kier alpha value is -1.02. The molecule has 1 aliphatic heterocycles. The molecule has 0 saturated carbocycles. The molecule has 0 atom stereocenters. The molecule has 0 aliphatic carbocycles. The largest absolute Gasteiger partial charge is 0.371 e. The van der Waals surface area contributed by atoms with Gasteiger partial charge >= 0.3 is 0 Å². The van der Waals surface area contributed by atoms with Crippen LogP contribution < -0.4 is 4.90 Å². The molecule has 1 aromatic rings. The summed E-state index contributed by atoms with van der Waals surface area (Å²) in [5.41, 5.74) is 2.26. The van der Waals surface area contributed by atoms with Gasteiger partial charge in [0.1, 0.15) is 5.78 Å². The van der Waals surface area contributed by atoms with E-state index in [1.165, 1.54) is 5.69 Å². The van der Waals surface area contributed by atoms with Crippen LogP contribution in [0.1, 0.15) is 18.4 Å². The lowest BCUT2D eigenvalue weighted by atomic mass is 10.1. The maximum absolute atomic E-state index is 11.1. The van der Waals surface area contributed by atoms with Gasteiger partial charge < -0.3 is 4.90 Å². The Bertz CT molecular complexity index is 379. The summed E-state index contributed by atoms with van der Waals surface area (Å²) in [6.45, 7) is 3.67. The Kier molecular flexibility index (Phi) is 2.96. The minimum Gasteiger partial charge on any atom is -0.371 e. The van der Waals surface area contributed by atoms with E-state index >= 15 is 0 Å². The first-order valence-electron chi connectivity index (χ1n) is 5.19. The standard InChI is InChI=1S/C12H14ClNO/c1-9-8-10(2-3-12(9)13)14-6-4-11(15)5-7-14/h2-3,8H,4-7H2,1H3. The van der Waals surface area contributed by atoms with Crippen molar-refractivity contribution in [2.75, 3.05) is 18.0 Å². The van der Waals surface area contributed by atoms with Crippen molar-refractivity contribution >= 4 is 23.1 Å². The minimum absolute atomic E-state index is 0.372. The molecule has 2 rings (SSSR count). The number of nitrogens with zero attached hydrogens (tertiary/aromatic N) is 1. The summed E-state index contributed by atoms with van der Waals surface area (Å²) in [7, 11) is 0. The summed E-state index contributed by atoms with van der Waals surface area (Å²) in [5.74, 6) is 0.372. The van der Waals surface area contributed by atoms with Gasteiger partial charge in [0.25, 0.3) is 0 Å². The van der Waals surface area contributed by atoms with Gasteiger partial charge in [-0.2, -0.15) is 0 Å². The Morgan fingerprint density at radius 1 is 1.27 bits per heavy atom. The fraction of sp³-hybridized carbons (Fsp3) is 0.417. The number of rotatable bonds is 1. The molecule has 1 heterocycles. The molecular formula is C12H14ClNO. The molecule has 1 saturated heterocycles. The zero-order chi connectivity index (χ0) is 10.8. The molecule has 0 N–H and O–H groups in total. The van der Waals surface area contributed by atoms with Crippen LogP contribution >= 0.6 is 11.6 Å². The average Bonchev–Trinajstić information content (AvgIpc) is 2.23. The van der Waals surface area contributed by atoms with E-state index in [9.17, 15) is 4.79 Å². The third-order valence-corrected chi connectivity index (χ3v) is 3.25. The molecule has 0 amide bonds. The Labute approximate surface area is 94.8 Å². The van der Waals surface area contributed by atoms with Crippen molar-refractivity contribution in [2.45, 2.75) is 19.8 Å². The number of hydrogen-bond acceptors (Lipinski definition) is 2. The van der Waals surface area contributed by atoms with E-state index in [2.05, 4.69) is 11.0 Å². The zero-order valence-electron chi connectivity index (χ0n) is 8.79. The van der Waals surface area contributed by atoms with Crippen molar-refractivity contribution in [3.63, 3.8) is 0 Å². The van der Waals surface area contributed by atoms with Crippen molar-refractivity contribution in [1.29, 1.82) is 0 Å². The quantitative estimate of drug-likeness (QED) is 0.730. The highest BCUT2D eigenvalue weighted by molar-refractivity contribution is 6.31. The first-order valence-corrected chi connectivity index (χ1v) is 5.57. The van der Waals surface area contributed by atoms with Crippen molar-refractivity contribution < 1.29 is 4.79 Å². The van der Waals surface area contributed by atoms with Crippen molar-refractivity contribution in [2.24, 2.45) is 0 Å². The zero-order valence-corrected chi connectivity index (χ0v) is 9.55. The molecule has 1 aromatic carbocycles. The highest BCUT2D eigenvalue weighted by atomic mass is 35.5. The molecule has 15 heavy (non-hydrogen) atoms. The lowest BCUT2D eigenvalue weighted by Gasteiger charge is -2.28. The van der Waals surface area contributed by atoms with Gasteiger partial charge in [0.05, 0.1) is 0 Å². The maximum Gasteiger partial charge on any atom is 0.136 e. The number of aryl methyl sites for hydroxylation is 1. The fourth-order valence-electron chi connectivity index (χ4n) is 1.84. The monoisotopic (exact) mass is 223 g/mol. The molecule has 0 spiro atoms. The van der Waals surface area contributed by atoms with Crippen LogP contribution in [0.5, 0.6) is 0 Å². The van der Waals surface area contributed by atoms with E-state index < -0.39 is 0 Å². The summed E-state index contributed by atoms with van der Waals surface area (Å²) in [6, 6.07) is 6.02. The lowest BCUT2D eigenvalue weighted by Crippen LogP contribution is -2.33. The van der Waals surface area contributed by atoms with Crippen molar-refractivity contribution in [1.82, 2.24) is 0 Å². The van der Waals surface area contributed by atoms with Gasteiger partial charge in [-0.05, 0) is 30.7 Å². The van der Waals surface area contributed by atoms with Gasteiger partial charge in [-0.25, -0.2) is 0 Å². The summed E-state index contributed by atoms with van der Waals surface area (Å²) in [4.78, 5) is 13.4. The number of Topliss-reactive ketones (excluding diaryl/α,β-unsaturated/α-hetero) is 1. The first kappa shape index (κ1) is 10.5. The highest BCUT2D eigenvalue weighted by Crippen LogP contribution is 2.24. The molecule has 0 radical (unpaired) electrons. The van der Waals surface area contributed by atoms with Crippen LogP contribution in [-0.2, 0) is 4.79 Å². The van der Waals surface area contributed by atoms with Crippen LogP contribution in [0.25, 0.3) is 0 Å². The Balaban J connectivity index is 2.16. The second-order valence-corrected chi connectivity index (χ2v) is 4.37. The van der Waals surface area contributed by atoms with E-state index in [1.54, 1.807) is 0 Å². The summed E-state index contributed by atoms with van der Waals surface area (Å²) in [5, 5.41) is 0.798. The summed E-state index contributed by atoms with van der Waals surface area (Å²) in [6.07, 6.45) is 1.34. The number of halogens is 1. The molecular weight excluding hydrogens is 210 g/mol. The van der Waals surface area contributed by atoms with Gasteiger partial charge in [-0.3, -0.25) is 4.79 Å². The summed E-state index contributed by atoms with van der Waals surface area (Å²) < 4.78 is 0. The topological polar surface area (TPSA) is 20.3 Å². The number of carbonyl (C=O) groups excluding carboxylic acids is 1. The van der Waals surface area contributed by atoms with Gasteiger partial charge in [0.2, 0.25) is 0 Å². The third kappa shape index (κ3) is 2.32. The molecule has 0 aromatic heterocycles. The normalized spacial score (nSPS) is 16.9. The van der Waals surface area contributed by atoms with Gasteiger partial charge in [0.15, 0.2) is 0 Å². The Morgan fingerprint density at radius 2 is 1.93 bits per heavy atom. The lowest BCUT2D eigenvalue weighted by molar-refractivity contribution is -0.119. The number of piperidine rings is 1. The van der Waals surface area contributed by atoms with Crippen molar-refractivity contribution in [3.05, 3.63) is 28.8 Å². The predicted molar refractivity (Wildman–Crippen MR) is 62.6 cm³/mol. The van der Waals surface area contributed by atoms with Gasteiger partial charge in [-0.15, -0.1) is 0 Å². The minimum atomic E-state index is 0.372. The van der Waals surface area contributed by atoms with E-state index in [1.807, 2.05) is 19.1 Å². The van der Waals surface area contributed by atoms with Crippen molar-refractivity contribution in [3.8, 4) is 0 Å². The first-order chi connectivity index (χ1) is 7.16. The van der Waals surface area contributed by atoms with Crippen LogP contribution in [0.15, 0.2) is 18.2 Å². The van der Waals surface area contributed by atoms with Crippen LogP contribution in [0.4, 0.5) is 5.69 Å². The van der Waals surface area contributed by atoms with Crippen LogP contribution in [0.3, 0.4) is 0 Å². The number of anilines is 1. The number of ketones is 1. The molecule has 3 heteroatoms. The number of carbonyl (C=O) groups is 1.